The number of hydrogen-bond donors (Lipinski definition) is 3. The number of benzene rings is 2. The first-order valence-corrected chi connectivity index (χ1v) is 8.21. The van der Waals surface area contributed by atoms with E-state index in [1.165, 1.54) is 0 Å². The first-order valence-electron chi connectivity index (χ1n) is 8.21. The molecule has 26 heavy (non-hydrogen) atoms. The lowest BCUT2D eigenvalue weighted by Gasteiger charge is -2.07. The van der Waals surface area contributed by atoms with Gasteiger partial charge in [-0.1, -0.05) is 0 Å². The third-order valence-corrected chi connectivity index (χ3v) is 4.00. The van der Waals surface area contributed by atoms with Crippen molar-refractivity contribution >= 4 is 11.4 Å². The van der Waals surface area contributed by atoms with Gasteiger partial charge in [0, 0.05) is 16.8 Å². The van der Waals surface area contributed by atoms with Gasteiger partial charge in [0.1, 0.15) is 11.6 Å². The number of anilines is 1. The first-order chi connectivity index (χ1) is 12.5. The normalized spacial score (nSPS) is 10.9. The highest BCUT2D eigenvalue weighted by Crippen LogP contribution is 2.23. The zero-order valence-electron chi connectivity index (χ0n) is 15.2. The van der Waals surface area contributed by atoms with E-state index in [2.05, 4.69) is 15.2 Å². The van der Waals surface area contributed by atoms with Gasteiger partial charge in [0.25, 0.3) is 0 Å². The first kappa shape index (κ1) is 17.6. The maximum Gasteiger partial charge on any atom is 0.213 e. The third-order valence-electron chi connectivity index (χ3n) is 4.00. The average Bonchev–Trinajstić information content (AvgIpc) is 3.09. The summed E-state index contributed by atoms with van der Waals surface area (Å²) in [6, 6.07) is 13.2. The molecule has 0 amide bonds. The standard InChI is InChI=1S/C19H22N6O/c1-25(2)11-17-22-19(24-23-17)13-6-9-16(20)15(10-13)18(21)12-4-7-14(26-3)8-5-12/h4-10,21H,11,20H2,1-3H3,(H,22,23,24)/p+1. The smallest absolute Gasteiger partial charge is 0.213 e. The van der Waals surface area contributed by atoms with E-state index < -0.39 is 0 Å². The van der Waals surface area contributed by atoms with Crippen LogP contribution in [0.15, 0.2) is 42.5 Å². The molecule has 0 aliphatic heterocycles. The molecule has 0 atom stereocenters. The highest BCUT2D eigenvalue weighted by Gasteiger charge is 2.16. The Morgan fingerprint density at radius 1 is 1.19 bits per heavy atom. The molecule has 0 bridgehead atoms. The zero-order chi connectivity index (χ0) is 18.7. The fraction of sp³-hybridized carbons (Fsp3) is 0.211. The van der Waals surface area contributed by atoms with E-state index in [0.29, 0.717) is 23.8 Å². The Balaban J connectivity index is 1.91. The van der Waals surface area contributed by atoms with Crippen LogP contribution >= 0.6 is 0 Å². The summed E-state index contributed by atoms with van der Waals surface area (Å²) in [6.07, 6.45) is 0. The van der Waals surface area contributed by atoms with Gasteiger partial charge in [-0.3, -0.25) is 10.5 Å². The highest BCUT2D eigenvalue weighted by atomic mass is 16.5. The summed E-state index contributed by atoms with van der Waals surface area (Å²) in [5.74, 6) is 2.19. The van der Waals surface area contributed by atoms with Gasteiger partial charge in [-0.05, 0) is 56.6 Å². The minimum absolute atomic E-state index is 0.594. The fourth-order valence-electron chi connectivity index (χ4n) is 2.65. The molecule has 0 radical (unpaired) electrons. The van der Waals surface area contributed by atoms with Gasteiger partial charge < -0.3 is 15.4 Å². The molecule has 0 fully saturated rings. The fourth-order valence-corrected chi connectivity index (χ4v) is 2.65. The summed E-state index contributed by atoms with van der Waals surface area (Å²) < 4.78 is 5.19. The Kier molecular flexibility index (Phi) is 4.99. The molecule has 0 saturated heterocycles. The quantitative estimate of drug-likeness (QED) is 0.448. The second-order valence-electron chi connectivity index (χ2n) is 6.29. The van der Waals surface area contributed by atoms with Crippen molar-refractivity contribution in [3.63, 3.8) is 0 Å². The summed E-state index contributed by atoms with van der Waals surface area (Å²) in [7, 11) is 5.59. The lowest BCUT2D eigenvalue weighted by Crippen LogP contribution is -2.41. The minimum Gasteiger partial charge on any atom is -0.497 e. The SMILES string of the molecule is COc1ccc(C(=[NH2+])c2cc(-c3n[nH]c(CN(C)C)n3)ccc2N)cc1. The molecule has 7 nitrogen and oxygen atoms in total. The number of methoxy groups -OCH3 is 1. The van der Waals surface area contributed by atoms with Gasteiger partial charge in [0.15, 0.2) is 5.82 Å². The van der Waals surface area contributed by atoms with Gasteiger partial charge in [-0.2, -0.15) is 5.10 Å². The monoisotopic (exact) mass is 351 g/mol. The van der Waals surface area contributed by atoms with Crippen LogP contribution in [0.3, 0.4) is 0 Å². The van der Waals surface area contributed by atoms with Crippen LogP contribution in [-0.2, 0) is 6.54 Å². The molecule has 0 aliphatic carbocycles. The Hall–Kier alpha value is -3.19. The van der Waals surface area contributed by atoms with Crippen LogP contribution in [0.4, 0.5) is 5.69 Å². The molecule has 0 saturated carbocycles. The van der Waals surface area contributed by atoms with Gasteiger partial charge >= 0.3 is 0 Å². The number of H-pyrrole nitrogens is 1. The summed E-state index contributed by atoms with van der Waals surface area (Å²) in [6.45, 7) is 0.689. The summed E-state index contributed by atoms with van der Waals surface area (Å²) in [4.78, 5) is 6.55. The molecule has 0 unspecified atom stereocenters. The molecule has 3 aromatic rings. The number of nitrogens with zero attached hydrogens (tertiary/aromatic N) is 3. The van der Waals surface area contributed by atoms with Crippen LogP contribution in [0.5, 0.6) is 5.75 Å². The van der Waals surface area contributed by atoms with Crippen molar-refractivity contribution < 1.29 is 10.1 Å². The van der Waals surface area contributed by atoms with Gasteiger partial charge in [0.2, 0.25) is 5.71 Å². The summed E-state index contributed by atoms with van der Waals surface area (Å²) in [5, 5.41) is 13.6. The largest absolute Gasteiger partial charge is 0.497 e. The number of rotatable bonds is 6. The molecule has 7 heteroatoms. The summed E-state index contributed by atoms with van der Waals surface area (Å²) in [5.41, 5.74) is 9.83. The van der Waals surface area contributed by atoms with Crippen LogP contribution < -0.4 is 15.9 Å². The second-order valence-corrected chi connectivity index (χ2v) is 6.29. The number of nitrogens with two attached hydrogens (primary N) is 2. The van der Waals surface area contributed by atoms with Gasteiger partial charge in [0.05, 0.1) is 19.2 Å². The predicted molar refractivity (Wildman–Crippen MR) is 102 cm³/mol. The van der Waals surface area contributed by atoms with E-state index in [1.54, 1.807) is 7.11 Å². The molecule has 2 aromatic carbocycles. The van der Waals surface area contributed by atoms with E-state index >= 15 is 0 Å². The molecule has 5 N–H and O–H groups in total. The lowest BCUT2D eigenvalue weighted by atomic mass is 9.98. The topological polar surface area (TPSA) is 106 Å². The van der Waals surface area contributed by atoms with Gasteiger partial charge in [-0.25, -0.2) is 4.98 Å². The van der Waals surface area contributed by atoms with Crippen LogP contribution in [0, 0.1) is 0 Å². The predicted octanol–water partition coefficient (Wildman–Crippen LogP) is 0.721. The van der Waals surface area contributed by atoms with Crippen molar-refractivity contribution in [2.24, 2.45) is 0 Å². The molecule has 3 rings (SSSR count). The van der Waals surface area contributed by atoms with Crippen molar-refractivity contribution in [3.05, 3.63) is 59.4 Å². The van der Waals surface area contributed by atoms with E-state index in [9.17, 15) is 0 Å². The van der Waals surface area contributed by atoms with Crippen molar-refractivity contribution in [3.8, 4) is 17.1 Å². The Morgan fingerprint density at radius 3 is 2.58 bits per heavy atom. The van der Waals surface area contributed by atoms with Crippen LogP contribution in [0.25, 0.3) is 11.4 Å². The van der Waals surface area contributed by atoms with Crippen LogP contribution in [-0.4, -0.2) is 47.0 Å². The molecule has 1 heterocycles. The van der Waals surface area contributed by atoms with E-state index in [4.69, 9.17) is 15.9 Å². The van der Waals surface area contributed by atoms with E-state index in [0.717, 1.165) is 28.3 Å². The third kappa shape index (κ3) is 3.73. The number of aromatic amines is 1. The molecular formula is C19H23N6O+. The maximum atomic E-state index is 6.37. The Labute approximate surface area is 152 Å². The van der Waals surface area contributed by atoms with Gasteiger partial charge in [-0.15, -0.1) is 0 Å². The lowest BCUT2D eigenvalue weighted by molar-refractivity contribution is -0.111. The molecule has 134 valence electrons. The highest BCUT2D eigenvalue weighted by molar-refractivity contribution is 6.12. The number of hydrogen-bond acceptors (Lipinski definition) is 5. The van der Waals surface area contributed by atoms with Crippen molar-refractivity contribution in [2.75, 3.05) is 26.9 Å². The molecule has 1 aromatic heterocycles. The number of nitrogens with one attached hydrogen (secondary N) is 1. The minimum atomic E-state index is 0.594. The average molecular weight is 351 g/mol. The van der Waals surface area contributed by atoms with Crippen molar-refractivity contribution in [2.45, 2.75) is 6.54 Å². The number of ether oxygens (including phenoxy) is 1. The Morgan fingerprint density at radius 2 is 1.92 bits per heavy atom. The van der Waals surface area contributed by atoms with Crippen LogP contribution in [0.1, 0.15) is 17.0 Å². The molecular weight excluding hydrogens is 328 g/mol. The zero-order valence-corrected chi connectivity index (χ0v) is 15.2. The number of nitrogen functional groups attached to an aromatic ring is 1. The summed E-state index contributed by atoms with van der Waals surface area (Å²) >= 11 is 0. The number of aromatic nitrogens is 3. The van der Waals surface area contributed by atoms with E-state index in [1.807, 2.05) is 61.5 Å². The van der Waals surface area contributed by atoms with E-state index in [-0.39, 0.29) is 0 Å². The van der Waals surface area contributed by atoms with Crippen molar-refractivity contribution in [1.82, 2.24) is 20.1 Å². The van der Waals surface area contributed by atoms with Crippen molar-refractivity contribution in [1.29, 1.82) is 0 Å². The Bertz CT molecular complexity index is 914. The molecule has 0 aliphatic rings. The maximum absolute atomic E-state index is 6.37. The molecule has 0 spiro atoms. The second kappa shape index (κ2) is 7.37. The van der Waals surface area contributed by atoms with Crippen LogP contribution in [0.2, 0.25) is 0 Å².